The lowest BCUT2D eigenvalue weighted by Crippen LogP contribution is -2.20. The van der Waals surface area contributed by atoms with Crippen molar-refractivity contribution in [3.8, 4) is 17.1 Å². The Bertz CT molecular complexity index is 1330. The van der Waals surface area contributed by atoms with Crippen molar-refractivity contribution >= 4 is 29.9 Å². The van der Waals surface area contributed by atoms with Crippen molar-refractivity contribution in [2.24, 2.45) is 5.10 Å². The monoisotopic (exact) mass is 485 g/mol. The van der Waals surface area contributed by atoms with Crippen LogP contribution >= 0.6 is 11.8 Å². The Morgan fingerprint density at radius 3 is 2.40 bits per heavy atom. The highest BCUT2D eigenvalue weighted by atomic mass is 32.2. The summed E-state index contributed by atoms with van der Waals surface area (Å²) in [5.41, 5.74) is 6.68. The van der Waals surface area contributed by atoms with Gasteiger partial charge in [-0.2, -0.15) is 5.10 Å². The number of hydrogen-bond acceptors (Lipinski definition) is 7. The molecule has 3 aromatic carbocycles. The molecule has 0 bridgehead atoms. The van der Waals surface area contributed by atoms with Crippen LogP contribution in [-0.4, -0.2) is 45.7 Å². The molecule has 1 aromatic heterocycles. The van der Waals surface area contributed by atoms with Gasteiger partial charge in [-0.15, -0.1) is 10.2 Å². The number of methoxy groups -OCH3 is 1. The number of carbonyl (C=O) groups is 2. The molecule has 35 heavy (non-hydrogen) atoms. The number of rotatable bonds is 8. The van der Waals surface area contributed by atoms with Gasteiger partial charge in [0.15, 0.2) is 11.0 Å². The molecule has 4 aromatic rings. The van der Waals surface area contributed by atoms with E-state index in [4.69, 9.17) is 0 Å². The summed E-state index contributed by atoms with van der Waals surface area (Å²) in [7, 11) is 1.33. The summed E-state index contributed by atoms with van der Waals surface area (Å²) in [5, 5.41) is 13.3. The number of carbonyl (C=O) groups excluding carboxylic acids is 2. The highest BCUT2D eigenvalue weighted by Crippen LogP contribution is 2.28. The van der Waals surface area contributed by atoms with E-state index in [0.29, 0.717) is 16.5 Å². The number of benzene rings is 3. The molecule has 0 fully saturated rings. The molecule has 9 heteroatoms. The van der Waals surface area contributed by atoms with Crippen molar-refractivity contribution in [3.63, 3.8) is 0 Å². The van der Waals surface area contributed by atoms with E-state index >= 15 is 0 Å². The molecule has 0 aliphatic rings. The van der Waals surface area contributed by atoms with Gasteiger partial charge in [0.2, 0.25) is 0 Å². The third-order valence-electron chi connectivity index (χ3n) is 5.02. The second kappa shape index (κ2) is 11.3. The van der Waals surface area contributed by atoms with Crippen LogP contribution in [0.4, 0.5) is 0 Å². The number of thioether (sulfide) groups is 1. The standard InChI is InChI=1S/C26H23N5O3S/c1-18-8-14-22(15-9-18)31-24(20-6-4-3-5-7-20)29-30-26(31)35-17-23(32)28-27-16-19-10-12-21(13-11-19)25(33)34-2/h3-16H,17H2,1-2H3,(H,28,32)/b27-16-. The quantitative estimate of drug-likeness (QED) is 0.173. The Labute approximate surface area is 207 Å². The third kappa shape index (κ3) is 6.01. The molecule has 4 rings (SSSR count). The van der Waals surface area contributed by atoms with Crippen molar-refractivity contribution in [2.45, 2.75) is 12.1 Å². The van der Waals surface area contributed by atoms with Gasteiger partial charge < -0.3 is 4.74 Å². The van der Waals surface area contributed by atoms with E-state index in [9.17, 15) is 9.59 Å². The number of aromatic nitrogens is 3. The van der Waals surface area contributed by atoms with Crippen LogP contribution in [0.2, 0.25) is 0 Å². The van der Waals surface area contributed by atoms with Crippen LogP contribution in [0.1, 0.15) is 21.5 Å². The first-order valence-corrected chi connectivity index (χ1v) is 11.7. The van der Waals surface area contributed by atoms with Crippen LogP contribution in [-0.2, 0) is 9.53 Å². The number of ether oxygens (including phenoxy) is 1. The lowest BCUT2D eigenvalue weighted by molar-refractivity contribution is -0.118. The average Bonchev–Trinajstić information content (AvgIpc) is 3.32. The second-order valence-corrected chi connectivity index (χ2v) is 8.48. The van der Waals surface area contributed by atoms with E-state index < -0.39 is 5.97 Å². The molecule has 8 nitrogen and oxygen atoms in total. The van der Waals surface area contributed by atoms with Gasteiger partial charge in [0.25, 0.3) is 5.91 Å². The molecule has 0 aliphatic carbocycles. The minimum atomic E-state index is -0.410. The molecule has 176 valence electrons. The van der Waals surface area contributed by atoms with Gasteiger partial charge in [-0.25, -0.2) is 10.2 Å². The summed E-state index contributed by atoms with van der Waals surface area (Å²) in [6.07, 6.45) is 1.51. The maximum absolute atomic E-state index is 12.4. The van der Waals surface area contributed by atoms with Crippen LogP contribution in [0.3, 0.4) is 0 Å². The van der Waals surface area contributed by atoms with Gasteiger partial charge >= 0.3 is 5.97 Å². The van der Waals surface area contributed by atoms with E-state index in [1.165, 1.54) is 25.1 Å². The lowest BCUT2D eigenvalue weighted by atomic mass is 10.1. The summed E-state index contributed by atoms with van der Waals surface area (Å²) < 4.78 is 6.62. The fourth-order valence-electron chi connectivity index (χ4n) is 3.23. The topological polar surface area (TPSA) is 98.5 Å². The molecule has 1 heterocycles. The fourth-order valence-corrected chi connectivity index (χ4v) is 3.97. The van der Waals surface area contributed by atoms with Crippen LogP contribution < -0.4 is 5.43 Å². The average molecular weight is 486 g/mol. The van der Waals surface area contributed by atoms with Gasteiger partial charge in [-0.3, -0.25) is 9.36 Å². The first-order chi connectivity index (χ1) is 17.0. The number of esters is 1. The van der Waals surface area contributed by atoms with Gasteiger partial charge in [-0.05, 0) is 36.8 Å². The number of aryl methyl sites for hydroxylation is 1. The van der Waals surface area contributed by atoms with Crippen LogP contribution in [0.5, 0.6) is 0 Å². The van der Waals surface area contributed by atoms with Gasteiger partial charge in [-0.1, -0.05) is 71.9 Å². The minimum Gasteiger partial charge on any atom is -0.465 e. The zero-order valence-electron chi connectivity index (χ0n) is 19.2. The molecule has 1 N–H and O–H groups in total. The van der Waals surface area contributed by atoms with Gasteiger partial charge in [0.05, 0.1) is 24.6 Å². The molecule has 0 aliphatic heterocycles. The molecule has 0 spiro atoms. The fraction of sp³-hybridized carbons (Fsp3) is 0.115. The maximum Gasteiger partial charge on any atom is 0.337 e. The number of amides is 1. The molecule has 0 radical (unpaired) electrons. The summed E-state index contributed by atoms with van der Waals surface area (Å²) in [6.45, 7) is 2.03. The minimum absolute atomic E-state index is 0.109. The Hall–Kier alpha value is -4.24. The summed E-state index contributed by atoms with van der Waals surface area (Å²) in [5.74, 6) is 0.118. The molecule has 0 atom stereocenters. The van der Waals surface area contributed by atoms with Crippen molar-refractivity contribution in [1.82, 2.24) is 20.2 Å². The van der Waals surface area contributed by atoms with E-state index in [1.807, 2.05) is 66.1 Å². The van der Waals surface area contributed by atoms with E-state index in [0.717, 1.165) is 22.4 Å². The normalized spacial score (nSPS) is 10.9. The predicted molar refractivity (Wildman–Crippen MR) is 136 cm³/mol. The largest absolute Gasteiger partial charge is 0.465 e. The van der Waals surface area contributed by atoms with Gasteiger partial charge in [0, 0.05) is 11.3 Å². The lowest BCUT2D eigenvalue weighted by Gasteiger charge is -2.10. The number of nitrogens with one attached hydrogen (secondary N) is 1. The zero-order valence-corrected chi connectivity index (χ0v) is 20.0. The molecule has 0 saturated carbocycles. The van der Waals surface area contributed by atoms with Crippen molar-refractivity contribution < 1.29 is 14.3 Å². The van der Waals surface area contributed by atoms with Crippen molar-refractivity contribution in [2.75, 3.05) is 12.9 Å². The maximum atomic E-state index is 12.4. The smallest absolute Gasteiger partial charge is 0.337 e. The summed E-state index contributed by atoms with van der Waals surface area (Å²) in [6, 6.07) is 24.5. The van der Waals surface area contributed by atoms with Crippen LogP contribution in [0.25, 0.3) is 17.1 Å². The summed E-state index contributed by atoms with van der Waals surface area (Å²) in [4.78, 5) is 23.9. The van der Waals surface area contributed by atoms with Crippen LogP contribution in [0.15, 0.2) is 89.1 Å². The van der Waals surface area contributed by atoms with Crippen LogP contribution in [0, 0.1) is 6.92 Å². The first-order valence-electron chi connectivity index (χ1n) is 10.8. The predicted octanol–water partition coefficient (Wildman–Crippen LogP) is 4.27. The highest BCUT2D eigenvalue weighted by molar-refractivity contribution is 7.99. The van der Waals surface area contributed by atoms with Crippen molar-refractivity contribution in [3.05, 3.63) is 95.6 Å². The zero-order chi connectivity index (χ0) is 24.6. The molecule has 0 unspecified atom stereocenters. The Balaban J connectivity index is 1.44. The first kappa shape index (κ1) is 23.9. The number of hydrogen-bond donors (Lipinski definition) is 1. The van der Waals surface area contributed by atoms with Crippen molar-refractivity contribution in [1.29, 1.82) is 0 Å². The highest BCUT2D eigenvalue weighted by Gasteiger charge is 2.17. The third-order valence-corrected chi connectivity index (χ3v) is 5.95. The Morgan fingerprint density at radius 2 is 1.71 bits per heavy atom. The second-order valence-electron chi connectivity index (χ2n) is 7.54. The number of nitrogens with zero attached hydrogens (tertiary/aromatic N) is 4. The van der Waals surface area contributed by atoms with E-state index in [1.54, 1.807) is 24.3 Å². The summed E-state index contributed by atoms with van der Waals surface area (Å²) >= 11 is 1.28. The van der Waals surface area contributed by atoms with E-state index in [-0.39, 0.29) is 11.7 Å². The Kier molecular flexibility index (Phi) is 7.69. The van der Waals surface area contributed by atoms with Gasteiger partial charge in [0.1, 0.15) is 0 Å². The molecule has 0 saturated heterocycles. The number of hydrazone groups is 1. The van der Waals surface area contributed by atoms with E-state index in [2.05, 4.69) is 25.5 Å². The SMILES string of the molecule is COC(=O)c1ccc(/C=N\NC(=O)CSc2nnc(-c3ccccc3)n2-c2ccc(C)cc2)cc1. The Morgan fingerprint density at radius 1 is 1.00 bits per heavy atom. The molecular weight excluding hydrogens is 462 g/mol. The molecular formula is C26H23N5O3S. The molecule has 1 amide bonds.